The summed E-state index contributed by atoms with van der Waals surface area (Å²) in [7, 11) is 0. The third kappa shape index (κ3) is 3.11. The molecule has 5 heteroatoms. The first kappa shape index (κ1) is 13.4. The number of hydrogen-bond donors (Lipinski definition) is 1. The largest absolute Gasteiger partial charge is 0.357 e. The normalized spacial score (nSPS) is 17.1. The van der Waals surface area contributed by atoms with Crippen molar-refractivity contribution in [3.63, 3.8) is 0 Å². The van der Waals surface area contributed by atoms with E-state index >= 15 is 0 Å². The van der Waals surface area contributed by atoms with E-state index in [-0.39, 0.29) is 5.91 Å². The predicted octanol–water partition coefficient (Wildman–Crippen LogP) is 2.42. The maximum Gasteiger partial charge on any atom is 0.270 e. The monoisotopic (exact) mass is 289 g/mol. The van der Waals surface area contributed by atoms with Crippen molar-refractivity contribution < 1.29 is 4.79 Å². The number of aromatic amines is 1. The van der Waals surface area contributed by atoms with Crippen LogP contribution in [0.5, 0.6) is 0 Å². The summed E-state index contributed by atoms with van der Waals surface area (Å²) in [5.41, 5.74) is 0.691. The van der Waals surface area contributed by atoms with Crippen molar-refractivity contribution >= 4 is 17.2 Å². The Balaban J connectivity index is 1.58. The molecule has 1 fully saturated rings. The van der Waals surface area contributed by atoms with Gasteiger partial charge >= 0.3 is 0 Å². The molecule has 1 N–H and O–H groups in total. The lowest BCUT2D eigenvalue weighted by molar-refractivity contribution is 0.0756. The van der Waals surface area contributed by atoms with Gasteiger partial charge in [-0.05, 0) is 30.0 Å². The van der Waals surface area contributed by atoms with Crippen molar-refractivity contribution in [2.45, 2.75) is 13.0 Å². The molecule has 3 rings (SSSR count). The highest BCUT2D eigenvalue weighted by Crippen LogP contribution is 2.14. The summed E-state index contributed by atoms with van der Waals surface area (Å²) < 4.78 is 0. The quantitative estimate of drug-likeness (QED) is 0.942. The fourth-order valence-electron chi connectivity index (χ4n) is 2.59. The van der Waals surface area contributed by atoms with Gasteiger partial charge in [0.05, 0.1) is 0 Å². The summed E-state index contributed by atoms with van der Waals surface area (Å²) >= 11 is 1.80. The lowest BCUT2D eigenvalue weighted by Gasteiger charge is -2.21. The Morgan fingerprint density at radius 3 is 2.90 bits per heavy atom. The highest BCUT2D eigenvalue weighted by molar-refractivity contribution is 7.09. The van der Waals surface area contributed by atoms with E-state index in [1.165, 1.54) is 4.88 Å². The van der Waals surface area contributed by atoms with E-state index in [0.29, 0.717) is 5.69 Å². The van der Waals surface area contributed by atoms with Gasteiger partial charge in [0.25, 0.3) is 5.91 Å². The Kier molecular flexibility index (Phi) is 4.18. The topological polar surface area (TPSA) is 39.3 Å². The molecule has 0 bridgehead atoms. The minimum absolute atomic E-state index is 0.118. The molecule has 0 unspecified atom stereocenters. The Labute approximate surface area is 123 Å². The number of nitrogens with zero attached hydrogens (tertiary/aromatic N) is 2. The van der Waals surface area contributed by atoms with Gasteiger partial charge in [0.1, 0.15) is 5.69 Å². The van der Waals surface area contributed by atoms with Crippen molar-refractivity contribution in [3.8, 4) is 0 Å². The average molecular weight is 289 g/mol. The highest BCUT2D eigenvalue weighted by Gasteiger charge is 2.20. The molecule has 4 nitrogen and oxygen atoms in total. The van der Waals surface area contributed by atoms with Crippen LogP contribution in [0.4, 0.5) is 0 Å². The number of amides is 1. The predicted molar refractivity (Wildman–Crippen MR) is 80.9 cm³/mol. The Bertz CT molecular complexity index is 535. The molecule has 3 heterocycles. The maximum atomic E-state index is 12.3. The average Bonchev–Trinajstić information content (AvgIpc) is 3.10. The molecule has 1 aliphatic rings. The van der Waals surface area contributed by atoms with E-state index in [1.807, 2.05) is 17.0 Å². The summed E-state index contributed by atoms with van der Waals surface area (Å²) in [5.74, 6) is 0.118. The van der Waals surface area contributed by atoms with E-state index in [2.05, 4.69) is 27.4 Å². The standard InChI is InChI=1S/C15H19N3OS/c19-15(14-5-1-6-16-14)18-8-3-7-17(9-10-18)12-13-4-2-11-20-13/h1-2,4-6,11,16H,3,7-10,12H2. The van der Waals surface area contributed by atoms with E-state index in [1.54, 1.807) is 17.5 Å². The van der Waals surface area contributed by atoms with E-state index < -0.39 is 0 Å². The second-order valence-corrected chi connectivity index (χ2v) is 6.12. The van der Waals surface area contributed by atoms with Crippen LogP contribution < -0.4 is 0 Å². The van der Waals surface area contributed by atoms with Gasteiger partial charge in [-0.2, -0.15) is 0 Å². The number of carbonyl (C=O) groups is 1. The molecule has 0 aromatic carbocycles. The van der Waals surface area contributed by atoms with Gasteiger partial charge in [-0.25, -0.2) is 0 Å². The number of aromatic nitrogens is 1. The van der Waals surface area contributed by atoms with Gasteiger partial charge in [-0.15, -0.1) is 11.3 Å². The van der Waals surface area contributed by atoms with Crippen molar-refractivity contribution in [1.29, 1.82) is 0 Å². The lowest BCUT2D eigenvalue weighted by atomic mass is 10.3. The third-order valence-corrected chi connectivity index (χ3v) is 4.52. The SMILES string of the molecule is O=C(c1ccc[nH]1)N1CCCN(Cc2cccs2)CC1. The van der Waals surface area contributed by atoms with Crippen LogP contribution in [0.15, 0.2) is 35.8 Å². The first-order valence-corrected chi connectivity index (χ1v) is 7.88. The molecule has 1 aliphatic heterocycles. The summed E-state index contributed by atoms with van der Waals surface area (Å²) in [5, 5.41) is 2.12. The first-order valence-electron chi connectivity index (χ1n) is 7.00. The second kappa shape index (κ2) is 6.24. The van der Waals surface area contributed by atoms with Crippen LogP contribution in [0.3, 0.4) is 0 Å². The molecule has 1 saturated heterocycles. The minimum atomic E-state index is 0.118. The second-order valence-electron chi connectivity index (χ2n) is 5.09. The number of H-pyrrole nitrogens is 1. The van der Waals surface area contributed by atoms with E-state index in [9.17, 15) is 4.79 Å². The molecule has 2 aromatic heterocycles. The first-order chi connectivity index (χ1) is 9.83. The fourth-order valence-corrected chi connectivity index (χ4v) is 3.33. The number of thiophene rings is 1. The van der Waals surface area contributed by atoms with Gasteiger partial charge in [0, 0.05) is 43.8 Å². The molecule has 2 aromatic rings. The summed E-state index contributed by atoms with van der Waals surface area (Å²) in [6.45, 7) is 4.67. The summed E-state index contributed by atoms with van der Waals surface area (Å²) in [6.07, 6.45) is 2.84. The Morgan fingerprint density at radius 1 is 1.20 bits per heavy atom. The molecule has 1 amide bonds. The molecule has 106 valence electrons. The molecule has 0 saturated carbocycles. The number of rotatable bonds is 3. The van der Waals surface area contributed by atoms with Gasteiger partial charge in [0.15, 0.2) is 0 Å². The Morgan fingerprint density at radius 2 is 2.15 bits per heavy atom. The number of nitrogens with one attached hydrogen (secondary N) is 1. The molecule has 0 aliphatic carbocycles. The fraction of sp³-hybridized carbons (Fsp3) is 0.400. The number of carbonyl (C=O) groups excluding carboxylic acids is 1. The lowest BCUT2D eigenvalue weighted by Crippen LogP contribution is -2.35. The zero-order chi connectivity index (χ0) is 13.8. The van der Waals surface area contributed by atoms with Crippen molar-refractivity contribution in [2.24, 2.45) is 0 Å². The van der Waals surface area contributed by atoms with E-state index in [0.717, 1.165) is 39.1 Å². The van der Waals surface area contributed by atoms with Crippen molar-refractivity contribution in [1.82, 2.24) is 14.8 Å². The van der Waals surface area contributed by atoms with Gasteiger partial charge in [-0.3, -0.25) is 9.69 Å². The van der Waals surface area contributed by atoms with Crippen LogP contribution in [0.1, 0.15) is 21.8 Å². The Hall–Kier alpha value is -1.59. The van der Waals surface area contributed by atoms with Gasteiger partial charge in [0.2, 0.25) is 0 Å². The van der Waals surface area contributed by atoms with Crippen LogP contribution in [-0.4, -0.2) is 46.9 Å². The summed E-state index contributed by atoms with van der Waals surface area (Å²) in [6, 6.07) is 7.99. The molecule has 0 spiro atoms. The third-order valence-electron chi connectivity index (χ3n) is 3.66. The smallest absolute Gasteiger partial charge is 0.270 e. The highest BCUT2D eigenvalue weighted by atomic mass is 32.1. The molecular weight excluding hydrogens is 270 g/mol. The molecule has 0 radical (unpaired) electrons. The number of hydrogen-bond acceptors (Lipinski definition) is 3. The van der Waals surface area contributed by atoms with Crippen LogP contribution in [-0.2, 0) is 6.54 Å². The van der Waals surface area contributed by atoms with Crippen LogP contribution >= 0.6 is 11.3 Å². The van der Waals surface area contributed by atoms with Crippen molar-refractivity contribution in [2.75, 3.05) is 26.2 Å². The van der Waals surface area contributed by atoms with Gasteiger partial charge < -0.3 is 9.88 Å². The molecule has 0 atom stereocenters. The minimum Gasteiger partial charge on any atom is -0.357 e. The summed E-state index contributed by atoms with van der Waals surface area (Å²) in [4.78, 5) is 21.1. The molecular formula is C15H19N3OS. The van der Waals surface area contributed by atoms with Gasteiger partial charge in [-0.1, -0.05) is 6.07 Å². The van der Waals surface area contributed by atoms with Crippen LogP contribution in [0, 0.1) is 0 Å². The maximum absolute atomic E-state index is 12.3. The zero-order valence-electron chi connectivity index (χ0n) is 11.4. The van der Waals surface area contributed by atoms with Crippen LogP contribution in [0.25, 0.3) is 0 Å². The zero-order valence-corrected chi connectivity index (χ0v) is 12.2. The van der Waals surface area contributed by atoms with Crippen molar-refractivity contribution in [3.05, 3.63) is 46.4 Å². The van der Waals surface area contributed by atoms with Crippen LogP contribution in [0.2, 0.25) is 0 Å². The van der Waals surface area contributed by atoms with E-state index in [4.69, 9.17) is 0 Å². The molecule has 20 heavy (non-hydrogen) atoms.